The van der Waals surface area contributed by atoms with Crippen molar-refractivity contribution in [2.45, 2.75) is 13.5 Å². The first kappa shape index (κ1) is 20.0. The molecular formula is C20H20Cl2N2O2. The molecule has 2 aromatic carbocycles. The van der Waals surface area contributed by atoms with Crippen LogP contribution in [0.15, 0.2) is 54.6 Å². The van der Waals surface area contributed by atoms with Gasteiger partial charge in [-0.3, -0.25) is 9.59 Å². The van der Waals surface area contributed by atoms with Crippen molar-refractivity contribution >= 4 is 41.1 Å². The molecule has 0 radical (unpaired) electrons. The van der Waals surface area contributed by atoms with E-state index in [1.165, 1.54) is 6.08 Å². The summed E-state index contributed by atoms with van der Waals surface area (Å²) in [4.78, 5) is 25.9. The van der Waals surface area contributed by atoms with E-state index in [2.05, 4.69) is 5.32 Å². The van der Waals surface area contributed by atoms with E-state index in [-0.39, 0.29) is 18.4 Å². The Hall–Kier alpha value is -2.30. The van der Waals surface area contributed by atoms with Gasteiger partial charge in [0.25, 0.3) is 0 Å². The first-order chi connectivity index (χ1) is 12.5. The zero-order valence-electron chi connectivity index (χ0n) is 14.4. The molecule has 0 heterocycles. The lowest BCUT2D eigenvalue weighted by molar-refractivity contribution is -0.132. The maximum Gasteiger partial charge on any atom is 0.244 e. The SMILES string of the molecule is CCN(Cc1ccccc1)C(=O)CNC(=O)C=Cc1cccc(Cl)c1Cl. The Morgan fingerprint density at radius 3 is 2.50 bits per heavy atom. The van der Waals surface area contributed by atoms with Crippen LogP contribution in [0.2, 0.25) is 10.0 Å². The molecule has 0 aliphatic rings. The highest BCUT2D eigenvalue weighted by Gasteiger charge is 2.12. The number of hydrogen-bond donors (Lipinski definition) is 1. The van der Waals surface area contributed by atoms with E-state index < -0.39 is 0 Å². The second-order valence-corrected chi connectivity index (χ2v) is 6.37. The third-order valence-corrected chi connectivity index (χ3v) is 4.59. The summed E-state index contributed by atoms with van der Waals surface area (Å²) < 4.78 is 0. The molecule has 0 aliphatic heterocycles. The number of nitrogens with one attached hydrogen (secondary N) is 1. The van der Waals surface area contributed by atoms with E-state index >= 15 is 0 Å². The van der Waals surface area contributed by atoms with Gasteiger partial charge in [-0.25, -0.2) is 0 Å². The molecule has 2 aromatic rings. The van der Waals surface area contributed by atoms with Gasteiger partial charge in [-0.2, -0.15) is 0 Å². The molecule has 6 heteroatoms. The van der Waals surface area contributed by atoms with Gasteiger partial charge in [-0.15, -0.1) is 0 Å². The molecule has 0 unspecified atom stereocenters. The van der Waals surface area contributed by atoms with E-state index in [0.29, 0.717) is 28.7 Å². The Bertz CT molecular complexity index is 792. The number of carbonyl (C=O) groups is 2. The largest absolute Gasteiger partial charge is 0.343 e. The second-order valence-electron chi connectivity index (χ2n) is 5.59. The molecule has 2 amide bonds. The maximum absolute atomic E-state index is 12.3. The van der Waals surface area contributed by atoms with Crippen LogP contribution in [0.3, 0.4) is 0 Å². The molecule has 0 atom stereocenters. The molecule has 0 bridgehead atoms. The van der Waals surface area contributed by atoms with E-state index in [9.17, 15) is 9.59 Å². The number of benzene rings is 2. The van der Waals surface area contributed by atoms with Crippen molar-refractivity contribution in [2.24, 2.45) is 0 Å². The topological polar surface area (TPSA) is 49.4 Å². The van der Waals surface area contributed by atoms with Crippen molar-refractivity contribution in [3.05, 3.63) is 75.8 Å². The molecule has 2 rings (SSSR count). The van der Waals surface area contributed by atoms with Crippen LogP contribution in [-0.4, -0.2) is 29.8 Å². The van der Waals surface area contributed by atoms with Gasteiger partial charge in [0, 0.05) is 19.2 Å². The van der Waals surface area contributed by atoms with Gasteiger partial charge < -0.3 is 10.2 Å². The molecule has 1 N–H and O–H groups in total. The van der Waals surface area contributed by atoms with Gasteiger partial charge in [0.15, 0.2) is 0 Å². The van der Waals surface area contributed by atoms with E-state index in [4.69, 9.17) is 23.2 Å². The zero-order valence-corrected chi connectivity index (χ0v) is 15.9. The molecule has 0 saturated carbocycles. The van der Waals surface area contributed by atoms with Crippen molar-refractivity contribution in [2.75, 3.05) is 13.1 Å². The van der Waals surface area contributed by atoms with Gasteiger partial charge in [0.1, 0.15) is 0 Å². The summed E-state index contributed by atoms with van der Waals surface area (Å²) in [6.45, 7) is 2.92. The van der Waals surface area contributed by atoms with Crippen molar-refractivity contribution in [3.63, 3.8) is 0 Å². The lowest BCUT2D eigenvalue weighted by atomic mass is 10.2. The van der Waals surface area contributed by atoms with Gasteiger partial charge >= 0.3 is 0 Å². The van der Waals surface area contributed by atoms with Crippen LogP contribution in [0.4, 0.5) is 0 Å². The minimum atomic E-state index is -0.370. The third-order valence-electron chi connectivity index (χ3n) is 3.76. The summed E-state index contributed by atoms with van der Waals surface area (Å²) in [5, 5.41) is 3.40. The maximum atomic E-state index is 12.3. The number of nitrogens with zero attached hydrogens (tertiary/aromatic N) is 1. The van der Waals surface area contributed by atoms with Crippen LogP contribution in [-0.2, 0) is 16.1 Å². The van der Waals surface area contributed by atoms with E-state index in [1.807, 2.05) is 37.3 Å². The van der Waals surface area contributed by atoms with Gasteiger partial charge in [0.2, 0.25) is 11.8 Å². The summed E-state index contributed by atoms with van der Waals surface area (Å²) >= 11 is 12.0. The highest BCUT2D eigenvalue weighted by Crippen LogP contribution is 2.26. The molecule has 0 aromatic heterocycles. The molecule has 0 aliphatic carbocycles. The number of carbonyl (C=O) groups excluding carboxylic acids is 2. The predicted molar refractivity (Wildman–Crippen MR) is 106 cm³/mol. The minimum Gasteiger partial charge on any atom is -0.343 e. The smallest absolute Gasteiger partial charge is 0.244 e. The molecule has 0 fully saturated rings. The fraction of sp³-hybridized carbons (Fsp3) is 0.200. The Morgan fingerprint density at radius 2 is 1.81 bits per heavy atom. The van der Waals surface area contributed by atoms with Crippen molar-refractivity contribution < 1.29 is 9.59 Å². The van der Waals surface area contributed by atoms with Gasteiger partial charge in [0.05, 0.1) is 16.6 Å². The van der Waals surface area contributed by atoms with E-state index in [1.54, 1.807) is 29.2 Å². The Kier molecular flexibility index (Phi) is 7.70. The predicted octanol–water partition coefficient (Wildman–Crippen LogP) is 4.17. The van der Waals surface area contributed by atoms with Crippen LogP contribution in [0.25, 0.3) is 6.08 Å². The monoisotopic (exact) mass is 390 g/mol. The summed E-state index contributed by atoms with van der Waals surface area (Å²) in [7, 11) is 0. The number of amides is 2. The van der Waals surface area contributed by atoms with Crippen molar-refractivity contribution in [1.82, 2.24) is 10.2 Å². The van der Waals surface area contributed by atoms with E-state index in [0.717, 1.165) is 5.56 Å². The number of halogens is 2. The fourth-order valence-corrected chi connectivity index (χ4v) is 2.70. The average molecular weight is 391 g/mol. The van der Waals surface area contributed by atoms with Gasteiger partial charge in [-0.05, 0) is 30.2 Å². The Balaban J connectivity index is 1.88. The molecule has 0 saturated heterocycles. The number of likely N-dealkylation sites (N-methyl/N-ethyl adjacent to an activating group) is 1. The van der Waals surface area contributed by atoms with Crippen molar-refractivity contribution in [1.29, 1.82) is 0 Å². The van der Waals surface area contributed by atoms with Gasteiger partial charge in [-0.1, -0.05) is 65.7 Å². The van der Waals surface area contributed by atoms with Crippen molar-refractivity contribution in [3.8, 4) is 0 Å². The first-order valence-corrected chi connectivity index (χ1v) is 8.98. The zero-order chi connectivity index (χ0) is 18.9. The summed E-state index contributed by atoms with van der Waals surface area (Å²) in [5.41, 5.74) is 1.68. The standard InChI is InChI=1S/C20H20Cl2N2O2/c1-2-24(14-15-7-4-3-5-8-15)19(26)13-23-18(25)12-11-16-9-6-10-17(21)20(16)22/h3-12H,2,13-14H2,1H3,(H,23,25). The first-order valence-electron chi connectivity index (χ1n) is 8.23. The highest BCUT2D eigenvalue weighted by atomic mass is 35.5. The minimum absolute atomic E-state index is 0.0624. The highest BCUT2D eigenvalue weighted by molar-refractivity contribution is 6.42. The molecule has 0 spiro atoms. The van der Waals surface area contributed by atoms with Crippen LogP contribution in [0.5, 0.6) is 0 Å². The summed E-state index contributed by atoms with van der Waals surface area (Å²) in [5.74, 6) is -0.510. The Labute approximate surface area is 163 Å². The summed E-state index contributed by atoms with van der Waals surface area (Å²) in [6.07, 6.45) is 2.90. The molecule has 26 heavy (non-hydrogen) atoms. The second kappa shape index (κ2) is 10.00. The Morgan fingerprint density at radius 1 is 1.08 bits per heavy atom. The number of hydrogen-bond acceptors (Lipinski definition) is 2. The van der Waals surface area contributed by atoms with Crippen LogP contribution in [0.1, 0.15) is 18.1 Å². The summed E-state index contributed by atoms with van der Waals surface area (Å²) in [6, 6.07) is 14.9. The molecule has 136 valence electrons. The van der Waals surface area contributed by atoms with Crippen LogP contribution >= 0.6 is 23.2 Å². The van der Waals surface area contributed by atoms with Crippen LogP contribution < -0.4 is 5.32 Å². The number of rotatable bonds is 7. The normalized spacial score (nSPS) is 10.7. The molecular weight excluding hydrogens is 371 g/mol. The van der Waals surface area contributed by atoms with Crippen LogP contribution in [0, 0.1) is 0 Å². The lowest BCUT2D eigenvalue weighted by Crippen LogP contribution is -2.39. The lowest BCUT2D eigenvalue weighted by Gasteiger charge is -2.21. The quantitative estimate of drug-likeness (QED) is 0.721. The third kappa shape index (κ3) is 5.90. The molecule has 4 nitrogen and oxygen atoms in total. The average Bonchev–Trinajstić information content (AvgIpc) is 2.66. The fourth-order valence-electron chi connectivity index (χ4n) is 2.33.